The van der Waals surface area contributed by atoms with Crippen LogP contribution in [0.3, 0.4) is 0 Å². The maximum Gasteiger partial charge on any atom is 0.141 e. The topological polar surface area (TPSA) is 37.2 Å². The van der Waals surface area contributed by atoms with Crippen LogP contribution >= 0.6 is 0 Å². The molecule has 4 aromatic rings. The van der Waals surface area contributed by atoms with Crippen molar-refractivity contribution < 1.29 is 0 Å². The van der Waals surface area contributed by atoms with Gasteiger partial charge in [-0.3, -0.25) is 4.98 Å². The van der Waals surface area contributed by atoms with Gasteiger partial charge in [-0.05, 0) is 29.5 Å². The maximum absolute atomic E-state index is 4.97. The van der Waals surface area contributed by atoms with E-state index in [2.05, 4.69) is 94.6 Å². The molecular weight excluding hydrogens is 394 g/mol. The van der Waals surface area contributed by atoms with Crippen molar-refractivity contribution in [2.75, 3.05) is 27.2 Å². The minimum absolute atomic E-state index is 0.555. The van der Waals surface area contributed by atoms with Gasteiger partial charge in [0.05, 0.1) is 17.5 Å². The third kappa shape index (κ3) is 3.86. The van der Waals surface area contributed by atoms with Crippen LogP contribution in [0.1, 0.15) is 6.42 Å². The van der Waals surface area contributed by atoms with E-state index in [1.807, 2.05) is 18.5 Å². The predicted octanol–water partition coefficient (Wildman–Crippen LogP) is 5.12. The Morgan fingerprint density at radius 2 is 1.72 bits per heavy atom. The Morgan fingerprint density at radius 1 is 1.00 bits per heavy atom. The van der Waals surface area contributed by atoms with E-state index >= 15 is 0 Å². The third-order valence-electron chi connectivity index (χ3n) is 6.41. The number of pyridine rings is 1. The number of hydrogen-bond donors (Lipinski definition) is 0. The monoisotopic (exact) mass is 423 g/mol. The van der Waals surface area contributed by atoms with Gasteiger partial charge in [0, 0.05) is 45.5 Å². The molecule has 0 saturated carbocycles. The van der Waals surface area contributed by atoms with E-state index < -0.39 is 0 Å². The quantitative estimate of drug-likeness (QED) is 0.431. The van der Waals surface area contributed by atoms with Gasteiger partial charge >= 0.3 is 0 Å². The molecule has 0 spiro atoms. The molecule has 0 aliphatic carbocycles. The molecule has 5 rings (SSSR count). The fourth-order valence-electron chi connectivity index (χ4n) is 4.59. The second-order valence-corrected chi connectivity index (χ2v) is 8.77. The summed E-state index contributed by atoms with van der Waals surface area (Å²) < 4.78 is 2.38. The van der Waals surface area contributed by atoms with Gasteiger partial charge in [0.25, 0.3) is 0 Å². The minimum Gasteiger partial charge on any atom is -0.365 e. The van der Waals surface area contributed by atoms with Crippen molar-refractivity contribution in [3.05, 3.63) is 85.5 Å². The van der Waals surface area contributed by atoms with Crippen LogP contribution < -0.4 is 0 Å². The van der Waals surface area contributed by atoms with E-state index in [-0.39, 0.29) is 0 Å². The first-order valence-electron chi connectivity index (χ1n) is 11.2. The Morgan fingerprint density at radius 3 is 2.47 bits per heavy atom. The van der Waals surface area contributed by atoms with Gasteiger partial charge < -0.3 is 14.4 Å². The van der Waals surface area contributed by atoms with Crippen LogP contribution in [0.4, 0.5) is 0 Å². The molecule has 1 unspecified atom stereocenters. The molecule has 2 aromatic carbocycles. The molecule has 1 atom stereocenters. The largest absolute Gasteiger partial charge is 0.365 e. The normalized spacial score (nSPS) is 15.9. The van der Waals surface area contributed by atoms with E-state index in [1.165, 1.54) is 11.1 Å². The zero-order valence-electron chi connectivity index (χ0n) is 18.8. The second-order valence-electron chi connectivity index (χ2n) is 8.77. The van der Waals surface area contributed by atoms with E-state index in [0.29, 0.717) is 5.92 Å². The molecule has 0 radical (unpaired) electrons. The summed E-state index contributed by atoms with van der Waals surface area (Å²) in [7, 11) is 4.12. The highest BCUT2D eigenvalue weighted by atomic mass is 15.3. The lowest BCUT2D eigenvalue weighted by Gasteiger charge is -2.27. The molecule has 5 nitrogen and oxygen atoms in total. The number of imidazole rings is 1. The van der Waals surface area contributed by atoms with Gasteiger partial charge in [0.15, 0.2) is 0 Å². The molecule has 1 saturated heterocycles. The van der Waals surface area contributed by atoms with Crippen molar-refractivity contribution in [1.82, 2.24) is 24.3 Å². The van der Waals surface area contributed by atoms with Crippen LogP contribution in [0, 0.1) is 5.92 Å². The van der Waals surface area contributed by atoms with Crippen molar-refractivity contribution in [1.29, 1.82) is 0 Å². The first-order chi connectivity index (χ1) is 15.6. The number of rotatable bonds is 6. The van der Waals surface area contributed by atoms with E-state index in [0.717, 1.165) is 54.3 Å². The number of fused-ring (bicyclic) bond motifs is 1. The highest BCUT2D eigenvalue weighted by Gasteiger charge is 2.26. The zero-order valence-corrected chi connectivity index (χ0v) is 18.8. The summed E-state index contributed by atoms with van der Waals surface area (Å²) in [4.78, 5) is 13.8. The van der Waals surface area contributed by atoms with Crippen LogP contribution in [0.25, 0.3) is 33.5 Å². The Kier molecular flexibility index (Phi) is 5.39. The Balaban J connectivity index is 1.46. The maximum atomic E-state index is 4.97. The highest BCUT2D eigenvalue weighted by molar-refractivity contribution is 5.80. The van der Waals surface area contributed by atoms with Crippen LogP contribution in [-0.2, 0) is 6.54 Å². The molecule has 1 fully saturated rings. The minimum atomic E-state index is 0.555. The van der Waals surface area contributed by atoms with Crippen molar-refractivity contribution in [3.63, 3.8) is 0 Å². The summed E-state index contributed by atoms with van der Waals surface area (Å²) in [6.45, 7) is 7.25. The number of nitrogens with zero attached hydrogens (tertiary/aromatic N) is 5. The van der Waals surface area contributed by atoms with Crippen molar-refractivity contribution in [3.8, 4) is 22.5 Å². The average molecular weight is 424 g/mol. The summed E-state index contributed by atoms with van der Waals surface area (Å²) >= 11 is 0. The average Bonchev–Trinajstić information content (AvgIpc) is 3.45. The van der Waals surface area contributed by atoms with Crippen molar-refractivity contribution >= 4 is 11.0 Å². The molecule has 0 amide bonds. The lowest BCUT2D eigenvalue weighted by Crippen LogP contribution is -2.29. The molecule has 3 heterocycles. The fraction of sp³-hybridized carbons (Fsp3) is 0.259. The summed E-state index contributed by atoms with van der Waals surface area (Å²) in [6.07, 6.45) is 4.88. The number of aromatic nitrogens is 3. The summed E-state index contributed by atoms with van der Waals surface area (Å²) in [5.41, 5.74) is 5.67. The van der Waals surface area contributed by atoms with Crippen molar-refractivity contribution in [2.24, 2.45) is 5.92 Å². The van der Waals surface area contributed by atoms with Gasteiger partial charge in [-0.1, -0.05) is 61.2 Å². The van der Waals surface area contributed by atoms with Crippen molar-refractivity contribution in [2.45, 2.75) is 13.0 Å². The van der Waals surface area contributed by atoms with Gasteiger partial charge in [-0.2, -0.15) is 0 Å². The van der Waals surface area contributed by atoms with Crippen LogP contribution in [0.15, 0.2) is 85.5 Å². The number of benzene rings is 2. The zero-order chi connectivity index (χ0) is 22.1. The second kappa shape index (κ2) is 8.50. The van der Waals surface area contributed by atoms with Crippen LogP contribution in [0.5, 0.6) is 0 Å². The Labute approximate surface area is 189 Å². The number of hydrogen-bond acceptors (Lipinski definition) is 4. The fourth-order valence-corrected chi connectivity index (χ4v) is 4.59. The van der Waals surface area contributed by atoms with Gasteiger partial charge in [0.1, 0.15) is 11.3 Å². The lowest BCUT2D eigenvalue weighted by molar-refractivity contribution is 0.291. The molecule has 0 bridgehead atoms. The van der Waals surface area contributed by atoms with Gasteiger partial charge in [0.2, 0.25) is 0 Å². The first kappa shape index (κ1) is 20.3. The Bertz CT molecular complexity index is 1220. The standard InChI is InChI=1S/C27H29N5/c1-20(30(2)3)31-16-14-21(18-31)19-32-26-13-15-28-17-25(26)29-27(32)24-11-9-23(10-12-24)22-7-5-4-6-8-22/h4-13,15,17,21H,1,14,16,18-19H2,2-3H3. The van der Waals surface area contributed by atoms with E-state index in [4.69, 9.17) is 4.98 Å². The summed E-state index contributed by atoms with van der Waals surface area (Å²) in [5.74, 6) is 2.65. The summed E-state index contributed by atoms with van der Waals surface area (Å²) in [6, 6.07) is 21.3. The molecule has 5 heteroatoms. The summed E-state index contributed by atoms with van der Waals surface area (Å²) in [5, 5.41) is 0. The molecule has 162 valence electrons. The van der Waals surface area contributed by atoms with Crippen LogP contribution in [0.2, 0.25) is 0 Å². The smallest absolute Gasteiger partial charge is 0.141 e. The predicted molar refractivity (Wildman–Crippen MR) is 131 cm³/mol. The third-order valence-corrected chi connectivity index (χ3v) is 6.41. The lowest BCUT2D eigenvalue weighted by atomic mass is 10.0. The van der Waals surface area contributed by atoms with E-state index in [1.54, 1.807) is 0 Å². The molecule has 0 N–H and O–H groups in total. The molecule has 32 heavy (non-hydrogen) atoms. The number of likely N-dealkylation sites (tertiary alicyclic amines) is 1. The van der Waals surface area contributed by atoms with Crippen LogP contribution in [-0.4, -0.2) is 51.5 Å². The first-order valence-corrected chi connectivity index (χ1v) is 11.2. The SMILES string of the molecule is C=C(N(C)C)N1CCC(Cn2c(-c3ccc(-c4ccccc4)cc3)nc3cnccc32)C1. The molecule has 1 aliphatic heterocycles. The van der Waals surface area contributed by atoms with Gasteiger partial charge in [-0.25, -0.2) is 4.98 Å². The van der Waals surface area contributed by atoms with E-state index in [9.17, 15) is 0 Å². The van der Waals surface area contributed by atoms with Gasteiger partial charge in [-0.15, -0.1) is 0 Å². The molecule has 1 aliphatic rings. The Hall–Kier alpha value is -3.60. The highest BCUT2D eigenvalue weighted by Crippen LogP contribution is 2.30. The molecular formula is C27H29N5. The molecule has 2 aromatic heterocycles.